The minimum absolute atomic E-state index is 0.158. The van der Waals surface area contributed by atoms with Crippen molar-refractivity contribution < 1.29 is 23.0 Å². The molecule has 17 heavy (non-hydrogen) atoms. The monoisotopic (exact) mass is 266 g/mol. The summed E-state index contributed by atoms with van der Waals surface area (Å²) in [5.74, 6) is 0.790. The fourth-order valence-corrected chi connectivity index (χ4v) is 1.93. The molecule has 1 N–H and O–H groups in total. The van der Waals surface area contributed by atoms with Gasteiger partial charge < -0.3 is 9.84 Å². The number of aliphatic hydroxyl groups is 1. The number of hydrogen-bond acceptors (Lipinski definition) is 3. The average molecular weight is 266 g/mol. The Morgan fingerprint density at radius 3 is 2.59 bits per heavy atom. The molecule has 96 valence electrons. The van der Waals surface area contributed by atoms with Crippen LogP contribution in [0.2, 0.25) is 0 Å². The third kappa shape index (κ3) is 4.87. The zero-order valence-electron chi connectivity index (χ0n) is 9.20. The maximum Gasteiger partial charge on any atom is 0.573 e. The molecular weight excluding hydrogens is 253 g/mol. The first-order valence-electron chi connectivity index (χ1n) is 5.04. The number of hydrogen-bond donors (Lipinski definition) is 1. The zero-order chi connectivity index (χ0) is 12.9. The Hall–Kier alpha value is -0.880. The number of alkyl halides is 3. The summed E-state index contributed by atoms with van der Waals surface area (Å²) in [5, 5.41) is 9.76. The predicted molar refractivity (Wildman–Crippen MR) is 61.1 cm³/mol. The van der Waals surface area contributed by atoms with Gasteiger partial charge >= 0.3 is 6.36 Å². The molecule has 0 aliphatic rings. The largest absolute Gasteiger partial charge is 0.573 e. The van der Waals surface area contributed by atoms with Crippen LogP contribution in [-0.4, -0.2) is 23.0 Å². The Balaban J connectivity index is 2.83. The molecule has 0 fully saturated rings. The fraction of sp³-hybridized carbons (Fsp3) is 0.455. The molecule has 0 aromatic heterocycles. The quantitative estimate of drug-likeness (QED) is 0.886. The number of benzene rings is 1. The van der Waals surface area contributed by atoms with Crippen molar-refractivity contribution >= 4 is 11.8 Å². The van der Waals surface area contributed by atoms with Gasteiger partial charge in [-0.3, -0.25) is 0 Å². The van der Waals surface area contributed by atoms with Gasteiger partial charge in [-0.15, -0.1) is 13.2 Å². The minimum atomic E-state index is -4.74. The van der Waals surface area contributed by atoms with E-state index in [0.717, 1.165) is 5.75 Å². The molecule has 0 saturated heterocycles. The van der Waals surface area contributed by atoms with Crippen molar-refractivity contribution in [1.29, 1.82) is 0 Å². The van der Waals surface area contributed by atoms with Gasteiger partial charge in [0.25, 0.3) is 0 Å². The first kappa shape index (κ1) is 14.2. The summed E-state index contributed by atoms with van der Waals surface area (Å²) < 4.78 is 40.2. The predicted octanol–water partition coefficient (Wildman–Crippen LogP) is 3.37. The third-order valence-corrected chi connectivity index (χ3v) is 2.94. The summed E-state index contributed by atoms with van der Waals surface area (Å²) in [7, 11) is 0. The molecule has 1 aromatic carbocycles. The lowest BCUT2D eigenvalue weighted by molar-refractivity contribution is -0.275. The smallest absolute Gasteiger partial charge is 0.405 e. The molecule has 0 saturated carbocycles. The van der Waals surface area contributed by atoms with Crippen molar-refractivity contribution in [2.24, 2.45) is 0 Å². The van der Waals surface area contributed by atoms with Crippen molar-refractivity contribution in [2.75, 3.05) is 11.5 Å². The van der Waals surface area contributed by atoms with Crippen LogP contribution in [0.3, 0.4) is 0 Å². The fourth-order valence-electron chi connectivity index (χ4n) is 1.29. The van der Waals surface area contributed by atoms with E-state index in [2.05, 4.69) is 4.74 Å². The summed E-state index contributed by atoms with van der Waals surface area (Å²) >= 11 is 1.45. The summed E-state index contributed by atoms with van der Waals surface area (Å²) in [4.78, 5) is 0. The van der Waals surface area contributed by atoms with Crippen LogP contribution >= 0.6 is 11.8 Å². The lowest BCUT2D eigenvalue weighted by Gasteiger charge is -2.16. The van der Waals surface area contributed by atoms with Gasteiger partial charge in [0.1, 0.15) is 5.75 Å². The van der Waals surface area contributed by atoms with Gasteiger partial charge in [0.15, 0.2) is 0 Å². The molecule has 1 rings (SSSR count). The second-order valence-corrected chi connectivity index (χ2v) is 4.58. The van der Waals surface area contributed by atoms with Crippen LogP contribution < -0.4 is 4.74 Å². The van der Waals surface area contributed by atoms with E-state index in [1.807, 2.05) is 6.92 Å². The van der Waals surface area contributed by atoms with Crippen LogP contribution in [0.25, 0.3) is 0 Å². The van der Waals surface area contributed by atoms with Crippen molar-refractivity contribution in [2.45, 2.75) is 19.4 Å². The highest BCUT2D eigenvalue weighted by atomic mass is 32.2. The van der Waals surface area contributed by atoms with Gasteiger partial charge in [0.05, 0.1) is 6.10 Å². The van der Waals surface area contributed by atoms with Crippen LogP contribution in [-0.2, 0) is 0 Å². The van der Waals surface area contributed by atoms with Crippen LogP contribution in [0.15, 0.2) is 24.3 Å². The Morgan fingerprint density at radius 2 is 2.00 bits per heavy atom. The highest BCUT2D eigenvalue weighted by Crippen LogP contribution is 2.31. The second-order valence-electron chi connectivity index (χ2n) is 3.26. The maximum atomic E-state index is 12.1. The number of para-hydroxylation sites is 1. The molecular formula is C11H13F3O2S. The van der Waals surface area contributed by atoms with Crippen molar-refractivity contribution in [1.82, 2.24) is 0 Å². The van der Waals surface area contributed by atoms with E-state index in [4.69, 9.17) is 0 Å². The van der Waals surface area contributed by atoms with Crippen LogP contribution in [0.5, 0.6) is 5.75 Å². The van der Waals surface area contributed by atoms with E-state index >= 15 is 0 Å². The van der Waals surface area contributed by atoms with Crippen LogP contribution in [0.4, 0.5) is 13.2 Å². The standard InChI is InChI=1S/C11H13F3O2S/c1-2-17-7-9(15)8-5-3-4-6-10(8)16-11(12,13)14/h3-6,9,15H,2,7H2,1H3. The first-order chi connectivity index (χ1) is 7.94. The van der Waals surface area contributed by atoms with Gasteiger partial charge in [-0.05, 0) is 11.8 Å². The third-order valence-electron chi connectivity index (χ3n) is 1.98. The number of ether oxygens (including phenoxy) is 1. The molecule has 6 heteroatoms. The Labute approximate surface area is 102 Å². The summed E-state index contributed by atoms with van der Waals surface area (Å²) in [6, 6.07) is 5.63. The summed E-state index contributed by atoms with van der Waals surface area (Å²) in [6.45, 7) is 1.91. The molecule has 1 aromatic rings. The lowest BCUT2D eigenvalue weighted by Crippen LogP contribution is -2.19. The molecule has 0 spiro atoms. The van der Waals surface area contributed by atoms with E-state index in [-0.39, 0.29) is 11.3 Å². The highest BCUT2D eigenvalue weighted by Gasteiger charge is 2.32. The van der Waals surface area contributed by atoms with Crippen molar-refractivity contribution in [3.05, 3.63) is 29.8 Å². The zero-order valence-corrected chi connectivity index (χ0v) is 10.0. The highest BCUT2D eigenvalue weighted by molar-refractivity contribution is 7.99. The summed E-state index contributed by atoms with van der Waals surface area (Å²) in [5.41, 5.74) is 0.158. The molecule has 0 bridgehead atoms. The van der Waals surface area contributed by atoms with Gasteiger partial charge in [-0.1, -0.05) is 25.1 Å². The molecule has 1 unspecified atom stereocenters. The topological polar surface area (TPSA) is 29.5 Å². The number of halogens is 3. The Kier molecular flexibility index (Phi) is 5.14. The van der Waals surface area contributed by atoms with Crippen molar-refractivity contribution in [3.63, 3.8) is 0 Å². The van der Waals surface area contributed by atoms with Crippen molar-refractivity contribution in [3.8, 4) is 5.75 Å². The number of thioether (sulfide) groups is 1. The second kappa shape index (κ2) is 6.16. The van der Waals surface area contributed by atoms with E-state index in [9.17, 15) is 18.3 Å². The Bertz CT molecular complexity index is 355. The van der Waals surface area contributed by atoms with Crippen LogP contribution in [0, 0.1) is 0 Å². The molecule has 0 amide bonds. The molecule has 0 aliphatic heterocycles. The molecule has 0 aliphatic carbocycles. The molecule has 0 heterocycles. The molecule has 1 atom stereocenters. The first-order valence-corrected chi connectivity index (χ1v) is 6.20. The number of aliphatic hydroxyl groups excluding tert-OH is 1. The van der Waals surface area contributed by atoms with Gasteiger partial charge in [0, 0.05) is 11.3 Å². The van der Waals surface area contributed by atoms with Gasteiger partial charge in [0.2, 0.25) is 0 Å². The van der Waals surface area contributed by atoms with E-state index in [1.165, 1.54) is 30.0 Å². The summed E-state index contributed by atoms with van der Waals surface area (Å²) in [6.07, 6.45) is -5.70. The number of rotatable bonds is 5. The van der Waals surface area contributed by atoms with E-state index < -0.39 is 12.5 Å². The molecule has 2 nitrogen and oxygen atoms in total. The minimum Gasteiger partial charge on any atom is -0.405 e. The van der Waals surface area contributed by atoms with E-state index in [0.29, 0.717) is 5.75 Å². The normalized spacial score (nSPS) is 13.5. The Morgan fingerprint density at radius 1 is 1.35 bits per heavy atom. The lowest BCUT2D eigenvalue weighted by atomic mass is 10.1. The van der Waals surface area contributed by atoms with Gasteiger partial charge in [-0.2, -0.15) is 11.8 Å². The molecule has 0 radical (unpaired) electrons. The maximum absolute atomic E-state index is 12.1. The SMILES string of the molecule is CCSCC(O)c1ccccc1OC(F)(F)F. The van der Waals surface area contributed by atoms with Crippen LogP contribution in [0.1, 0.15) is 18.6 Å². The van der Waals surface area contributed by atoms with Gasteiger partial charge in [-0.25, -0.2) is 0 Å². The average Bonchev–Trinajstić information content (AvgIpc) is 2.24. The van der Waals surface area contributed by atoms with E-state index in [1.54, 1.807) is 6.07 Å².